The molecule has 0 radical (unpaired) electrons. The van der Waals surface area contributed by atoms with E-state index in [1.54, 1.807) is 18.0 Å². The van der Waals surface area contributed by atoms with Gasteiger partial charge in [-0.2, -0.15) is 13.2 Å². The number of alkyl halides is 3. The molecule has 3 rings (SSSR count). The number of benzene rings is 1. The van der Waals surface area contributed by atoms with Crippen LogP contribution in [0.15, 0.2) is 24.3 Å². The maximum absolute atomic E-state index is 12.9. The molecule has 2 atom stereocenters. The van der Waals surface area contributed by atoms with Gasteiger partial charge in [0.2, 0.25) is 0 Å². The summed E-state index contributed by atoms with van der Waals surface area (Å²) in [5.41, 5.74) is -0.172. The van der Waals surface area contributed by atoms with Gasteiger partial charge in [-0.15, -0.1) is 0 Å². The largest absolute Gasteiger partial charge is 0.416 e. The molecule has 0 aromatic heterocycles. The summed E-state index contributed by atoms with van der Waals surface area (Å²) in [4.78, 5) is 14.1. The lowest BCUT2D eigenvalue weighted by atomic mass is 10.00. The number of likely N-dealkylation sites (N-methyl/N-ethyl adjacent to an activating group) is 1. The van der Waals surface area contributed by atoms with E-state index in [0.717, 1.165) is 31.4 Å². The molecule has 0 bridgehead atoms. The van der Waals surface area contributed by atoms with Gasteiger partial charge in [0.05, 0.1) is 24.3 Å². The molecule has 2 aliphatic rings. The zero-order valence-electron chi connectivity index (χ0n) is 13.5. The Balaban J connectivity index is 1.74. The van der Waals surface area contributed by atoms with Crippen LogP contribution < -0.4 is 5.32 Å². The third-order valence-corrected chi connectivity index (χ3v) is 4.72. The summed E-state index contributed by atoms with van der Waals surface area (Å²) in [6.07, 6.45) is -1.78. The van der Waals surface area contributed by atoms with Crippen molar-refractivity contribution < 1.29 is 22.7 Å². The molecule has 1 saturated heterocycles. The van der Waals surface area contributed by atoms with Crippen LogP contribution in [0.1, 0.15) is 36.4 Å². The fraction of sp³-hybridized carbons (Fsp3) is 0.588. The number of amides is 2. The molecule has 0 spiro atoms. The summed E-state index contributed by atoms with van der Waals surface area (Å²) in [5, 5.41) is 2.91. The molecule has 4 nitrogen and oxygen atoms in total. The van der Waals surface area contributed by atoms with Crippen molar-refractivity contribution in [2.45, 2.75) is 37.5 Å². The highest BCUT2D eigenvalue weighted by Crippen LogP contribution is 2.42. The maximum Gasteiger partial charge on any atom is 0.416 e. The molecule has 1 aliphatic heterocycles. The lowest BCUT2D eigenvalue weighted by Gasteiger charge is -2.27. The van der Waals surface area contributed by atoms with Crippen LogP contribution in [0.2, 0.25) is 0 Å². The molecule has 1 heterocycles. The minimum Gasteiger partial charge on any atom is -0.379 e. The third kappa shape index (κ3) is 3.83. The van der Waals surface area contributed by atoms with Gasteiger partial charge < -0.3 is 15.0 Å². The van der Waals surface area contributed by atoms with Crippen molar-refractivity contribution in [2.75, 3.05) is 20.3 Å². The number of carbonyl (C=O) groups is 1. The zero-order chi connectivity index (χ0) is 17.3. The zero-order valence-corrected chi connectivity index (χ0v) is 13.5. The first-order chi connectivity index (χ1) is 11.4. The number of nitrogens with zero attached hydrogens (tertiary/aromatic N) is 1. The first-order valence-electron chi connectivity index (χ1n) is 8.14. The molecule has 1 saturated carbocycles. The molecule has 132 valence electrons. The van der Waals surface area contributed by atoms with E-state index in [4.69, 9.17) is 4.74 Å². The Bertz CT molecular complexity index is 596. The minimum absolute atomic E-state index is 0.0198. The number of rotatable bonds is 4. The van der Waals surface area contributed by atoms with E-state index < -0.39 is 11.7 Å². The fourth-order valence-electron chi connectivity index (χ4n) is 3.04. The number of carbonyl (C=O) groups excluding carboxylic acids is 1. The van der Waals surface area contributed by atoms with Crippen LogP contribution >= 0.6 is 0 Å². The molecule has 1 N–H and O–H groups in total. The SMILES string of the molecule is CN(C(=O)N[C@@H](c1cccc(C(F)(F)F)c1)C1CC1)[C@@H]1CCOC1. The number of nitrogens with one attached hydrogen (secondary N) is 1. The van der Waals surface area contributed by atoms with Crippen LogP contribution in [0.3, 0.4) is 0 Å². The predicted octanol–water partition coefficient (Wildman–Crippen LogP) is 3.59. The number of urea groups is 1. The van der Waals surface area contributed by atoms with Crippen molar-refractivity contribution in [1.29, 1.82) is 0 Å². The van der Waals surface area contributed by atoms with E-state index in [1.807, 2.05) is 0 Å². The van der Waals surface area contributed by atoms with Crippen LogP contribution in [-0.2, 0) is 10.9 Å². The number of hydrogen-bond acceptors (Lipinski definition) is 2. The molecule has 7 heteroatoms. The third-order valence-electron chi connectivity index (χ3n) is 4.72. The Labute approximate surface area is 139 Å². The van der Waals surface area contributed by atoms with Crippen molar-refractivity contribution in [3.05, 3.63) is 35.4 Å². The van der Waals surface area contributed by atoms with Gasteiger partial charge in [-0.25, -0.2) is 4.79 Å². The van der Waals surface area contributed by atoms with Gasteiger partial charge in [0.1, 0.15) is 0 Å². The van der Waals surface area contributed by atoms with Gasteiger partial charge in [0.15, 0.2) is 0 Å². The molecule has 24 heavy (non-hydrogen) atoms. The quantitative estimate of drug-likeness (QED) is 0.909. The number of ether oxygens (including phenoxy) is 1. The summed E-state index contributed by atoms with van der Waals surface area (Å²) in [6.45, 7) is 1.13. The number of hydrogen-bond donors (Lipinski definition) is 1. The van der Waals surface area contributed by atoms with E-state index in [2.05, 4.69) is 5.32 Å². The van der Waals surface area contributed by atoms with Gasteiger partial charge in [-0.3, -0.25) is 0 Å². The molecule has 1 aliphatic carbocycles. The smallest absolute Gasteiger partial charge is 0.379 e. The van der Waals surface area contributed by atoms with E-state index in [1.165, 1.54) is 6.07 Å². The summed E-state index contributed by atoms with van der Waals surface area (Å²) >= 11 is 0. The lowest BCUT2D eigenvalue weighted by Crippen LogP contribution is -2.45. The van der Waals surface area contributed by atoms with E-state index >= 15 is 0 Å². The molecule has 1 aromatic carbocycles. The summed E-state index contributed by atoms with van der Waals surface area (Å²) in [6, 6.07) is 4.61. The van der Waals surface area contributed by atoms with Crippen LogP contribution in [0, 0.1) is 5.92 Å². The Morgan fingerprint density at radius 2 is 2.08 bits per heavy atom. The normalized spacial score (nSPS) is 22.2. The Hall–Kier alpha value is -1.76. The standard InChI is InChI=1S/C17H21F3N2O2/c1-22(14-7-8-24-10-14)16(23)21-15(11-5-6-11)12-3-2-4-13(9-12)17(18,19)20/h2-4,9,11,14-15H,5-8,10H2,1H3,(H,21,23)/t14-,15-/m1/s1. The van der Waals surface area contributed by atoms with Crippen molar-refractivity contribution in [2.24, 2.45) is 5.92 Å². The molecule has 0 unspecified atom stereocenters. The van der Waals surface area contributed by atoms with Crippen LogP contribution in [0.5, 0.6) is 0 Å². The first-order valence-corrected chi connectivity index (χ1v) is 8.14. The van der Waals surface area contributed by atoms with Crippen molar-refractivity contribution in [3.63, 3.8) is 0 Å². The Kier molecular flexibility index (Phi) is 4.71. The van der Waals surface area contributed by atoms with Gasteiger partial charge in [0, 0.05) is 13.7 Å². The van der Waals surface area contributed by atoms with Crippen LogP contribution in [0.25, 0.3) is 0 Å². The van der Waals surface area contributed by atoms with E-state index in [9.17, 15) is 18.0 Å². The predicted molar refractivity (Wildman–Crippen MR) is 82.4 cm³/mol. The highest BCUT2D eigenvalue weighted by Gasteiger charge is 2.37. The monoisotopic (exact) mass is 342 g/mol. The summed E-state index contributed by atoms with van der Waals surface area (Å²) < 4.78 is 44.1. The van der Waals surface area contributed by atoms with Gasteiger partial charge in [0.25, 0.3) is 0 Å². The number of halogens is 3. The second kappa shape index (κ2) is 6.63. The van der Waals surface area contributed by atoms with Crippen molar-refractivity contribution in [3.8, 4) is 0 Å². The van der Waals surface area contributed by atoms with Crippen molar-refractivity contribution in [1.82, 2.24) is 10.2 Å². The van der Waals surface area contributed by atoms with Gasteiger partial charge in [-0.05, 0) is 42.9 Å². The van der Waals surface area contributed by atoms with Crippen LogP contribution in [0.4, 0.5) is 18.0 Å². The van der Waals surface area contributed by atoms with Gasteiger partial charge >= 0.3 is 12.2 Å². The second-order valence-electron chi connectivity index (χ2n) is 6.52. The van der Waals surface area contributed by atoms with E-state index in [-0.39, 0.29) is 24.0 Å². The highest BCUT2D eigenvalue weighted by molar-refractivity contribution is 5.75. The Morgan fingerprint density at radius 1 is 1.33 bits per heavy atom. The lowest BCUT2D eigenvalue weighted by molar-refractivity contribution is -0.137. The van der Waals surface area contributed by atoms with E-state index in [0.29, 0.717) is 18.8 Å². The molecular weight excluding hydrogens is 321 g/mol. The first kappa shape index (κ1) is 17.1. The topological polar surface area (TPSA) is 41.6 Å². The second-order valence-corrected chi connectivity index (χ2v) is 6.52. The Morgan fingerprint density at radius 3 is 2.67 bits per heavy atom. The molecule has 2 fully saturated rings. The van der Waals surface area contributed by atoms with Gasteiger partial charge in [-0.1, -0.05) is 12.1 Å². The average Bonchev–Trinajstić information content (AvgIpc) is 3.24. The molecule has 1 aromatic rings. The molecule has 2 amide bonds. The fourth-order valence-corrected chi connectivity index (χ4v) is 3.04. The van der Waals surface area contributed by atoms with Crippen molar-refractivity contribution >= 4 is 6.03 Å². The van der Waals surface area contributed by atoms with Crippen LogP contribution in [-0.4, -0.2) is 37.2 Å². The summed E-state index contributed by atoms with van der Waals surface area (Å²) in [7, 11) is 1.70. The minimum atomic E-state index is -4.38. The maximum atomic E-state index is 12.9. The average molecular weight is 342 g/mol. The summed E-state index contributed by atoms with van der Waals surface area (Å²) in [5.74, 6) is 0.200. The molecular formula is C17H21F3N2O2. The highest BCUT2D eigenvalue weighted by atomic mass is 19.4.